The molecule has 0 unspecified atom stereocenters. The van der Waals surface area contributed by atoms with Crippen molar-refractivity contribution in [1.29, 1.82) is 0 Å². The Hall–Kier alpha value is -2.09. The zero-order valence-corrected chi connectivity index (χ0v) is 11.9. The van der Waals surface area contributed by atoms with Crippen LogP contribution in [0.5, 0.6) is 0 Å². The molecular formula is C14H16F3NO4. The van der Waals surface area contributed by atoms with Gasteiger partial charge in [0.25, 0.3) is 0 Å². The van der Waals surface area contributed by atoms with E-state index in [-0.39, 0.29) is 25.1 Å². The molecule has 0 radical (unpaired) electrons. The molecule has 122 valence electrons. The van der Waals surface area contributed by atoms with Gasteiger partial charge in [-0.3, -0.25) is 9.59 Å². The van der Waals surface area contributed by atoms with Crippen molar-refractivity contribution in [3.63, 3.8) is 0 Å². The van der Waals surface area contributed by atoms with Crippen molar-refractivity contribution in [3.05, 3.63) is 35.4 Å². The first-order chi connectivity index (χ1) is 10.2. The predicted molar refractivity (Wildman–Crippen MR) is 71.2 cm³/mol. The zero-order chi connectivity index (χ0) is 16.8. The van der Waals surface area contributed by atoms with Gasteiger partial charge in [0.1, 0.15) is 6.54 Å². The number of amides is 1. The van der Waals surface area contributed by atoms with Crippen LogP contribution in [0.2, 0.25) is 0 Å². The monoisotopic (exact) mass is 319 g/mol. The third kappa shape index (κ3) is 5.72. The van der Waals surface area contributed by atoms with Crippen LogP contribution >= 0.6 is 0 Å². The smallest absolute Gasteiger partial charge is 0.416 e. The van der Waals surface area contributed by atoms with Gasteiger partial charge in [0, 0.05) is 13.7 Å². The van der Waals surface area contributed by atoms with Crippen LogP contribution < -0.4 is 0 Å². The van der Waals surface area contributed by atoms with Gasteiger partial charge in [-0.15, -0.1) is 0 Å². The standard InChI is InChI=1S/C14H16F3NO4/c1-22-6-5-18(9-13(20)21)12(19)8-10-3-2-4-11(7-10)14(15,16)17/h2-4,7H,5-6,8-9H2,1H3,(H,20,21). The van der Waals surface area contributed by atoms with Gasteiger partial charge < -0.3 is 14.7 Å². The molecule has 0 aliphatic heterocycles. The Morgan fingerprint density at radius 3 is 2.55 bits per heavy atom. The fourth-order valence-electron chi connectivity index (χ4n) is 1.80. The van der Waals surface area contributed by atoms with Crippen LogP contribution in [0.25, 0.3) is 0 Å². The highest BCUT2D eigenvalue weighted by atomic mass is 19.4. The normalized spacial score (nSPS) is 11.3. The summed E-state index contributed by atoms with van der Waals surface area (Å²) in [4.78, 5) is 23.8. The number of methoxy groups -OCH3 is 1. The third-order valence-corrected chi connectivity index (χ3v) is 2.85. The number of carbonyl (C=O) groups excluding carboxylic acids is 1. The number of rotatable bonds is 7. The second-order valence-electron chi connectivity index (χ2n) is 4.58. The molecule has 1 amide bonds. The maximum Gasteiger partial charge on any atom is 0.416 e. The summed E-state index contributed by atoms with van der Waals surface area (Å²) in [6.45, 7) is -0.330. The van der Waals surface area contributed by atoms with Gasteiger partial charge in [-0.05, 0) is 11.6 Å². The fourth-order valence-corrected chi connectivity index (χ4v) is 1.80. The number of aliphatic carboxylic acids is 1. The fraction of sp³-hybridized carbons (Fsp3) is 0.429. The summed E-state index contributed by atoms with van der Waals surface area (Å²) in [6, 6.07) is 4.39. The largest absolute Gasteiger partial charge is 0.480 e. The predicted octanol–water partition coefficient (Wildman–Crippen LogP) is 1.81. The molecule has 0 saturated carbocycles. The average molecular weight is 319 g/mol. The van der Waals surface area contributed by atoms with Crippen molar-refractivity contribution < 1.29 is 32.6 Å². The van der Waals surface area contributed by atoms with E-state index >= 15 is 0 Å². The number of alkyl halides is 3. The molecule has 0 atom stereocenters. The summed E-state index contributed by atoms with van der Waals surface area (Å²) in [7, 11) is 1.40. The van der Waals surface area contributed by atoms with Crippen molar-refractivity contribution in [3.8, 4) is 0 Å². The van der Waals surface area contributed by atoms with Crippen LogP contribution in [0.15, 0.2) is 24.3 Å². The number of benzene rings is 1. The van der Waals surface area contributed by atoms with Crippen LogP contribution in [0.1, 0.15) is 11.1 Å². The second kappa shape index (κ2) is 7.79. The van der Waals surface area contributed by atoms with Gasteiger partial charge in [0.15, 0.2) is 0 Å². The summed E-state index contributed by atoms with van der Waals surface area (Å²) < 4.78 is 42.6. The van der Waals surface area contributed by atoms with E-state index in [9.17, 15) is 22.8 Å². The lowest BCUT2D eigenvalue weighted by Crippen LogP contribution is -2.38. The minimum atomic E-state index is -4.49. The Morgan fingerprint density at radius 2 is 2.00 bits per heavy atom. The van der Waals surface area contributed by atoms with Gasteiger partial charge in [-0.25, -0.2) is 0 Å². The molecule has 1 rings (SSSR count). The number of carbonyl (C=O) groups is 2. The van der Waals surface area contributed by atoms with Crippen LogP contribution in [-0.2, 0) is 26.9 Å². The molecule has 1 N–H and O–H groups in total. The van der Waals surface area contributed by atoms with Gasteiger partial charge in [-0.1, -0.05) is 18.2 Å². The molecule has 1 aromatic carbocycles. The summed E-state index contributed by atoms with van der Waals surface area (Å²) in [6.07, 6.45) is -4.79. The molecule has 0 saturated heterocycles. The Kier molecular flexibility index (Phi) is 6.36. The van der Waals surface area contributed by atoms with Crippen molar-refractivity contribution in [1.82, 2.24) is 4.90 Å². The van der Waals surface area contributed by atoms with Crippen LogP contribution in [0, 0.1) is 0 Å². The molecule has 8 heteroatoms. The molecule has 5 nitrogen and oxygen atoms in total. The van der Waals surface area contributed by atoms with E-state index < -0.39 is 30.2 Å². The van der Waals surface area contributed by atoms with E-state index in [0.717, 1.165) is 17.0 Å². The molecule has 0 heterocycles. The Morgan fingerprint density at radius 1 is 1.32 bits per heavy atom. The van der Waals surface area contributed by atoms with Gasteiger partial charge in [-0.2, -0.15) is 13.2 Å². The van der Waals surface area contributed by atoms with Gasteiger partial charge in [0.05, 0.1) is 18.6 Å². The van der Waals surface area contributed by atoms with Crippen molar-refractivity contribution in [2.45, 2.75) is 12.6 Å². The van der Waals surface area contributed by atoms with E-state index in [2.05, 4.69) is 0 Å². The second-order valence-corrected chi connectivity index (χ2v) is 4.58. The van der Waals surface area contributed by atoms with Crippen molar-refractivity contribution >= 4 is 11.9 Å². The highest BCUT2D eigenvalue weighted by Crippen LogP contribution is 2.29. The number of nitrogens with zero attached hydrogens (tertiary/aromatic N) is 1. The molecule has 0 bridgehead atoms. The number of carboxylic acids is 1. The molecule has 0 aromatic heterocycles. The summed E-state index contributed by atoms with van der Waals surface area (Å²) in [5.74, 6) is -1.77. The molecule has 0 fully saturated rings. The summed E-state index contributed by atoms with van der Waals surface area (Å²) in [5.41, 5.74) is -0.674. The highest BCUT2D eigenvalue weighted by Gasteiger charge is 2.30. The lowest BCUT2D eigenvalue weighted by atomic mass is 10.1. The number of ether oxygens (including phenoxy) is 1. The highest BCUT2D eigenvalue weighted by molar-refractivity contribution is 5.83. The molecular weight excluding hydrogens is 303 g/mol. The zero-order valence-electron chi connectivity index (χ0n) is 11.9. The minimum absolute atomic E-state index is 0.0561. The number of halogens is 3. The first-order valence-corrected chi connectivity index (χ1v) is 6.38. The Labute approximate surface area is 125 Å². The number of hydrogen-bond acceptors (Lipinski definition) is 3. The SMILES string of the molecule is COCCN(CC(=O)O)C(=O)Cc1cccc(C(F)(F)F)c1. The van der Waals surface area contributed by atoms with E-state index in [1.165, 1.54) is 19.2 Å². The van der Waals surface area contributed by atoms with Crippen molar-refractivity contribution in [2.75, 3.05) is 26.8 Å². The van der Waals surface area contributed by atoms with Gasteiger partial charge in [0.2, 0.25) is 5.91 Å². The first kappa shape index (κ1) is 18.0. The van der Waals surface area contributed by atoms with Crippen LogP contribution in [0.4, 0.5) is 13.2 Å². The minimum Gasteiger partial charge on any atom is -0.480 e. The lowest BCUT2D eigenvalue weighted by Gasteiger charge is -2.20. The molecule has 0 aliphatic rings. The third-order valence-electron chi connectivity index (χ3n) is 2.85. The van der Waals surface area contributed by atoms with E-state index in [4.69, 9.17) is 9.84 Å². The average Bonchev–Trinajstić information content (AvgIpc) is 2.42. The Bertz CT molecular complexity index is 531. The van der Waals surface area contributed by atoms with Crippen molar-refractivity contribution in [2.24, 2.45) is 0 Å². The summed E-state index contributed by atoms with van der Waals surface area (Å²) in [5, 5.41) is 8.77. The van der Waals surface area contributed by atoms with Crippen LogP contribution in [0.3, 0.4) is 0 Å². The molecule has 0 spiro atoms. The molecule has 1 aromatic rings. The quantitative estimate of drug-likeness (QED) is 0.832. The molecule has 22 heavy (non-hydrogen) atoms. The van der Waals surface area contributed by atoms with E-state index in [1.54, 1.807) is 0 Å². The Balaban J connectivity index is 2.82. The molecule has 0 aliphatic carbocycles. The summed E-state index contributed by atoms with van der Waals surface area (Å²) >= 11 is 0. The lowest BCUT2D eigenvalue weighted by molar-refractivity contribution is -0.144. The first-order valence-electron chi connectivity index (χ1n) is 6.38. The maximum atomic E-state index is 12.6. The topological polar surface area (TPSA) is 66.8 Å². The van der Waals surface area contributed by atoms with E-state index in [1.807, 2.05) is 0 Å². The number of carboxylic acid groups (broad SMARTS) is 1. The van der Waals surface area contributed by atoms with Crippen LogP contribution in [-0.4, -0.2) is 48.7 Å². The number of hydrogen-bond donors (Lipinski definition) is 1. The van der Waals surface area contributed by atoms with E-state index in [0.29, 0.717) is 0 Å². The van der Waals surface area contributed by atoms with Gasteiger partial charge >= 0.3 is 12.1 Å². The maximum absolute atomic E-state index is 12.6.